The molecule has 4 heteroatoms. The minimum absolute atomic E-state index is 0.312. The second-order valence-corrected chi connectivity index (χ2v) is 3.74. The fraction of sp³-hybridized carbons (Fsp3) is 0.308. The number of hydrogen-bond acceptors (Lipinski definition) is 3. The molecule has 0 unspecified atom stereocenters. The molecule has 1 heterocycles. The van der Waals surface area contributed by atoms with Crippen LogP contribution in [0, 0.1) is 5.82 Å². The van der Waals surface area contributed by atoms with E-state index in [-0.39, 0.29) is 12.1 Å². The lowest BCUT2D eigenvalue weighted by Gasteiger charge is -2.13. The molecule has 0 radical (unpaired) electrons. The molecule has 17 heavy (non-hydrogen) atoms. The highest BCUT2D eigenvalue weighted by Gasteiger charge is 2.19. The Labute approximate surface area is 99.6 Å². The van der Waals surface area contributed by atoms with Gasteiger partial charge in [-0.3, -0.25) is 4.99 Å². The molecule has 0 spiro atoms. The van der Waals surface area contributed by atoms with Crippen molar-refractivity contribution in [1.82, 2.24) is 0 Å². The Bertz CT molecular complexity index is 439. The van der Waals surface area contributed by atoms with Gasteiger partial charge in [0.2, 0.25) is 0 Å². The first-order valence-electron chi connectivity index (χ1n) is 5.39. The zero-order valence-electron chi connectivity index (χ0n) is 9.49. The van der Waals surface area contributed by atoms with Gasteiger partial charge in [0, 0.05) is 18.1 Å². The summed E-state index contributed by atoms with van der Waals surface area (Å²) < 4.78 is 24.1. The summed E-state index contributed by atoms with van der Waals surface area (Å²) in [4.78, 5) is 3.79. The Kier molecular flexibility index (Phi) is 3.66. The van der Waals surface area contributed by atoms with Crippen LogP contribution in [0.1, 0.15) is 11.1 Å². The SMILES string of the molecule is C=Cc1c(CC2OCCO2)cc(F)cc1N=C. The van der Waals surface area contributed by atoms with E-state index in [0.717, 1.165) is 11.1 Å². The number of aliphatic imine (C=N–C) groups is 1. The number of benzene rings is 1. The number of hydrogen-bond donors (Lipinski definition) is 0. The van der Waals surface area contributed by atoms with Crippen LogP contribution < -0.4 is 0 Å². The molecular formula is C13H14FNO2. The molecular weight excluding hydrogens is 221 g/mol. The van der Waals surface area contributed by atoms with Crippen molar-refractivity contribution < 1.29 is 13.9 Å². The summed E-state index contributed by atoms with van der Waals surface area (Å²) in [5.74, 6) is -0.342. The normalized spacial score (nSPS) is 16.1. The number of halogens is 1. The van der Waals surface area contributed by atoms with E-state index in [4.69, 9.17) is 9.47 Å². The smallest absolute Gasteiger partial charge is 0.161 e. The van der Waals surface area contributed by atoms with Crippen molar-refractivity contribution in [3.05, 3.63) is 35.7 Å². The Morgan fingerprint density at radius 3 is 2.71 bits per heavy atom. The first kappa shape index (κ1) is 12.0. The molecule has 1 aliphatic rings. The van der Waals surface area contributed by atoms with Crippen LogP contribution in [0.25, 0.3) is 6.08 Å². The molecule has 1 aromatic rings. The van der Waals surface area contributed by atoms with Crippen molar-refractivity contribution in [2.75, 3.05) is 13.2 Å². The molecule has 1 aromatic carbocycles. The van der Waals surface area contributed by atoms with Crippen molar-refractivity contribution in [3.8, 4) is 0 Å². The maximum Gasteiger partial charge on any atom is 0.161 e. The first-order chi connectivity index (χ1) is 8.24. The van der Waals surface area contributed by atoms with E-state index >= 15 is 0 Å². The van der Waals surface area contributed by atoms with Gasteiger partial charge >= 0.3 is 0 Å². The molecule has 1 aliphatic heterocycles. The molecule has 1 fully saturated rings. The molecule has 0 amide bonds. The monoisotopic (exact) mass is 235 g/mol. The summed E-state index contributed by atoms with van der Waals surface area (Å²) in [6, 6.07) is 2.79. The molecule has 0 atom stereocenters. The third-order valence-electron chi connectivity index (χ3n) is 2.66. The van der Waals surface area contributed by atoms with Crippen LogP contribution in [0.15, 0.2) is 23.7 Å². The number of rotatable bonds is 4. The van der Waals surface area contributed by atoms with E-state index < -0.39 is 0 Å². The van der Waals surface area contributed by atoms with Crippen molar-refractivity contribution in [3.63, 3.8) is 0 Å². The molecule has 90 valence electrons. The lowest BCUT2D eigenvalue weighted by molar-refractivity contribution is -0.0400. The van der Waals surface area contributed by atoms with Crippen molar-refractivity contribution in [1.29, 1.82) is 0 Å². The van der Waals surface area contributed by atoms with Crippen molar-refractivity contribution >= 4 is 18.5 Å². The summed E-state index contributed by atoms with van der Waals surface area (Å²) >= 11 is 0. The predicted octanol–water partition coefficient (Wildman–Crippen LogP) is 2.72. The molecule has 0 bridgehead atoms. The quantitative estimate of drug-likeness (QED) is 0.751. The topological polar surface area (TPSA) is 30.8 Å². The standard InChI is InChI=1S/C13H14FNO2/c1-3-11-9(7-13-16-4-5-17-13)6-10(14)8-12(11)15-2/h3,6,8,13H,1-2,4-5,7H2. The largest absolute Gasteiger partial charge is 0.350 e. The van der Waals surface area contributed by atoms with Gasteiger partial charge in [0.05, 0.1) is 18.9 Å². The summed E-state index contributed by atoms with van der Waals surface area (Å²) in [5, 5.41) is 0. The van der Waals surface area contributed by atoms with E-state index in [2.05, 4.69) is 18.3 Å². The third-order valence-corrected chi connectivity index (χ3v) is 2.66. The molecule has 3 nitrogen and oxygen atoms in total. The number of ether oxygens (including phenoxy) is 2. The van der Waals surface area contributed by atoms with Crippen LogP contribution in [-0.2, 0) is 15.9 Å². The van der Waals surface area contributed by atoms with Crippen molar-refractivity contribution in [2.24, 2.45) is 4.99 Å². The van der Waals surface area contributed by atoms with Gasteiger partial charge in [0.1, 0.15) is 5.82 Å². The highest BCUT2D eigenvalue weighted by molar-refractivity contribution is 5.68. The Balaban J connectivity index is 2.33. The zero-order valence-corrected chi connectivity index (χ0v) is 9.49. The fourth-order valence-corrected chi connectivity index (χ4v) is 1.90. The van der Waals surface area contributed by atoms with Crippen LogP contribution in [0.3, 0.4) is 0 Å². The number of nitrogens with zero attached hydrogens (tertiary/aromatic N) is 1. The average Bonchev–Trinajstić information content (AvgIpc) is 2.81. The van der Waals surface area contributed by atoms with Crippen LogP contribution in [0.4, 0.5) is 10.1 Å². The van der Waals surface area contributed by atoms with E-state index in [0.29, 0.717) is 25.3 Å². The zero-order chi connectivity index (χ0) is 12.3. The molecule has 0 saturated carbocycles. The van der Waals surface area contributed by atoms with Crippen LogP contribution >= 0.6 is 0 Å². The van der Waals surface area contributed by atoms with Crippen LogP contribution in [0.5, 0.6) is 0 Å². The minimum atomic E-state index is -0.342. The van der Waals surface area contributed by atoms with E-state index in [1.54, 1.807) is 6.08 Å². The summed E-state index contributed by atoms with van der Waals surface area (Å²) in [5.41, 5.74) is 2.04. The summed E-state index contributed by atoms with van der Waals surface area (Å²) in [7, 11) is 0. The van der Waals surface area contributed by atoms with Crippen molar-refractivity contribution in [2.45, 2.75) is 12.7 Å². The third kappa shape index (κ3) is 2.60. The molecule has 0 N–H and O–H groups in total. The lowest BCUT2D eigenvalue weighted by atomic mass is 10.0. The van der Waals surface area contributed by atoms with E-state index in [1.807, 2.05) is 0 Å². The highest BCUT2D eigenvalue weighted by atomic mass is 19.1. The molecule has 0 aromatic heterocycles. The maximum atomic E-state index is 13.4. The fourth-order valence-electron chi connectivity index (χ4n) is 1.90. The van der Waals surface area contributed by atoms with Gasteiger partial charge in [-0.2, -0.15) is 0 Å². The average molecular weight is 235 g/mol. The van der Waals surface area contributed by atoms with Gasteiger partial charge in [0.25, 0.3) is 0 Å². The predicted molar refractivity (Wildman–Crippen MR) is 65.1 cm³/mol. The first-order valence-corrected chi connectivity index (χ1v) is 5.39. The second kappa shape index (κ2) is 5.21. The molecule has 2 rings (SSSR count). The van der Waals surface area contributed by atoms with Crippen LogP contribution in [-0.4, -0.2) is 26.2 Å². The second-order valence-electron chi connectivity index (χ2n) is 3.74. The maximum absolute atomic E-state index is 13.4. The van der Waals surface area contributed by atoms with Crippen LogP contribution in [0.2, 0.25) is 0 Å². The minimum Gasteiger partial charge on any atom is -0.350 e. The van der Waals surface area contributed by atoms with E-state index in [9.17, 15) is 4.39 Å². The highest BCUT2D eigenvalue weighted by Crippen LogP contribution is 2.27. The van der Waals surface area contributed by atoms with Gasteiger partial charge < -0.3 is 9.47 Å². The molecule has 1 saturated heterocycles. The van der Waals surface area contributed by atoms with Gasteiger partial charge in [-0.1, -0.05) is 12.7 Å². The Morgan fingerprint density at radius 2 is 2.12 bits per heavy atom. The van der Waals surface area contributed by atoms with E-state index in [1.165, 1.54) is 12.1 Å². The van der Waals surface area contributed by atoms with Gasteiger partial charge in [0.15, 0.2) is 6.29 Å². The Morgan fingerprint density at radius 1 is 1.41 bits per heavy atom. The lowest BCUT2D eigenvalue weighted by Crippen LogP contribution is -2.12. The Hall–Kier alpha value is -1.52. The summed E-state index contributed by atoms with van der Waals surface area (Å²) in [6.07, 6.45) is 1.82. The van der Waals surface area contributed by atoms with Gasteiger partial charge in [-0.05, 0) is 18.3 Å². The van der Waals surface area contributed by atoms with Gasteiger partial charge in [-0.25, -0.2) is 4.39 Å². The molecule has 0 aliphatic carbocycles. The summed E-state index contributed by atoms with van der Waals surface area (Å²) in [6.45, 7) is 8.30. The van der Waals surface area contributed by atoms with Gasteiger partial charge in [-0.15, -0.1) is 0 Å².